The first kappa shape index (κ1) is 13.1. The molecule has 2 heterocycles. The van der Waals surface area contributed by atoms with Crippen LogP contribution in [-0.2, 0) is 12.8 Å². The van der Waals surface area contributed by atoms with E-state index in [9.17, 15) is 0 Å². The van der Waals surface area contributed by atoms with Crippen LogP contribution in [-0.4, -0.2) is 16.5 Å². The summed E-state index contributed by atoms with van der Waals surface area (Å²) in [5.41, 5.74) is 2.54. The van der Waals surface area contributed by atoms with Crippen LogP contribution in [0.25, 0.3) is 10.7 Å². The first-order valence-electron chi connectivity index (χ1n) is 6.59. The van der Waals surface area contributed by atoms with Gasteiger partial charge in [0.25, 0.3) is 0 Å². The van der Waals surface area contributed by atoms with Crippen LogP contribution < -0.4 is 5.32 Å². The fourth-order valence-corrected chi connectivity index (χ4v) is 3.90. The highest BCUT2D eigenvalue weighted by Gasteiger charge is 2.20. The second-order valence-electron chi connectivity index (χ2n) is 4.72. The van der Waals surface area contributed by atoms with E-state index in [2.05, 4.69) is 41.2 Å². The van der Waals surface area contributed by atoms with Crippen molar-refractivity contribution < 1.29 is 0 Å². The second-order valence-corrected chi connectivity index (χ2v) is 6.83. The minimum Gasteiger partial charge on any atom is -0.370 e. The third-order valence-corrected chi connectivity index (χ3v) is 5.49. The fourth-order valence-electron chi connectivity index (χ4n) is 2.43. The Hall–Kier alpha value is -0.940. The van der Waals surface area contributed by atoms with E-state index in [0.29, 0.717) is 0 Å². The number of fused-ring (bicyclic) bond motifs is 1. The number of aromatic nitrogens is 2. The predicted octanol–water partition coefficient (Wildman–Crippen LogP) is 4.20. The van der Waals surface area contributed by atoms with Gasteiger partial charge in [-0.05, 0) is 55.1 Å². The van der Waals surface area contributed by atoms with Crippen LogP contribution >= 0.6 is 27.3 Å². The van der Waals surface area contributed by atoms with Gasteiger partial charge in [0.15, 0.2) is 5.82 Å². The molecule has 0 aliphatic heterocycles. The first-order valence-corrected chi connectivity index (χ1v) is 8.20. The van der Waals surface area contributed by atoms with Crippen molar-refractivity contribution >= 4 is 33.1 Å². The Labute approximate surface area is 125 Å². The van der Waals surface area contributed by atoms with Crippen LogP contribution in [0.1, 0.15) is 29.5 Å². The zero-order valence-electron chi connectivity index (χ0n) is 11.1. The van der Waals surface area contributed by atoms with E-state index in [4.69, 9.17) is 9.97 Å². The van der Waals surface area contributed by atoms with Gasteiger partial charge in [0.2, 0.25) is 0 Å². The van der Waals surface area contributed by atoms with E-state index in [1.807, 2.05) is 0 Å². The monoisotopic (exact) mass is 337 g/mol. The average Bonchev–Trinajstić information content (AvgIpc) is 2.97. The summed E-state index contributed by atoms with van der Waals surface area (Å²) in [6, 6.07) is 2.12. The van der Waals surface area contributed by atoms with E-state index in [-0.39, 0.29) is 0 Å². The molecule has 2 aromatic rings. The largest absolute Gasteiger partial charge is 0.370 e. The second kappa shape index (κ2) is 5.21. The quantitative estimate of drug-likeness (QED) is 0.912. The van der Waals surface area contributed by atoms with Gasteiger partial charge in [-0.15, -0.1) is 11.3 Å². The molecule has 2 aromatic heterocycles. The number of thiophene rings is 1. The highest BCUT2D eigenvalue weighted by molar-refractivity contribution is 9.10. The SMILES string of the molecule is CCNc1nc(-c2cc(Br)c(C)s2)nc2c1CCC2. The highest BCUT2D eigenvalue weighted by atomic mass is 79.9. The number of hydrogen-bond acceptors (Lipinski definition) is 4. The number of hydrogen-bond donors (Lipinski definition) is 1. The number of nitrogens with zero attached hydrogens (tertiary/aromatic N) is 2. The fraction of sp³-hybridized carbons (Fsp3) is 0.429. The molecule has 0 radical (unpaired) electrons. The maximum absolute atomic E-state index is 4.76. The lowest BCUT2D eigenvalue weighted by atomic mass is 10.2. The van der Waals surface area contributed by atoms with Gasteiger partial charge in [-0.25, -0.2) is 9.97 Å². The van der Waals surface area contributed by atoms with E-state index in [1.54, 1.807) is 11.3 Å². The summed E-state index contributed by atoms with van der Waals surface area (Å²) in [5, 5.41) is 3.38. The molecular formula is C14H16BrN3S. The summed E-state index contributed by atoms with van der Waals surface area (Å²) in [4.78, 5) is 11.9. The van der Waals surface area contributed by atoms with Crippen molar-refractivity contribution in [3.8, 4) is 10.7 Å². The molecule has 0 unspecified atom stereocenters. The Bertz CT molecular complexity index is 602. The molecule has 5 heteroatoms. The minimum atomic E-state index is 0.857. The molecule has 3 nitrogen and oxygen atoms in total. The number of halogens is 1. The van der Waals surface area contributed by atoms with Crippen molar-refractivity contribution in [2.24, 2.45) is 0 Å². The van der Waals surface area contributed by atoms with E-state index in [0.717, 1.165) is 40.4 Å². The normalized spacial score (nSPS) is 13.6. The van der Waals surface area contributed by atoms with E-state index >= 15 is 0 Å². The van der Waals surface area contributed by atoms with Crippen molar-refractivity contribution in [3.05, 3.63) is 26.7 Å². The predicted molar refractivity (Wildman–Crippen MR) is 84.0 cm³/mol. The van der Waals surface area contributed by atoms with Gasteiger partial charge < -0.3 is 5.32 Å². The van der Waals surface area contributed by atoms with Crippen molar-refractivity contribution in [3.63, 3.8) is 0 Å². The Kier molecular flexibility index (Phi) is 3.58. The molecule has 0 saturated heterocycles. The van der Waals surface area contributed by atoms with Gasteiger partial charge in [0.05, 0.1) is 4.88 Å². The molecule has 3 rings (SSSR count). The van der Waals surface area contributed by atoms with Gasteiger partial charge in [-0.3, -0.25) is 0 Å². The molecule has 0 fully saturated rings. The number of aryl methyl sites for hydroxylation is 2. The molecule has 1 N–H and O–H groups in total. The summed E-state index contributed by atoms with van der Waals surface area (Å²) in [7, 11) is 0. The van der Waals surface area contributed by atoms with Crippen molar-refractivity contribution in [2.75, 3.05) is 11.9 Å². The van der Waals surface area contributed by atoms with Crippen molar-refractivity contribution in [1.82, 2.24) is 9.97 Å². The zero-order chi connectivity index (χ0) is 13.4. The smallest absolute Gasteiger partial charge is 0.171 e. The lowest BCUT2D eigenvalue weighted by Crippen LogP contribution is -2.06. The van der Waals surface area contributed by atoms with Gasteiger partial charge in [-0.2, -0.15) is 0 Å². The van der Waals surface area contributed by atoms with Crippen molar-refractivity contribution in [2.45, 2.75) is 33.1 Å². The number of rotatable bonds is 3. The molecule has 1 aliphatic rings. The molecule has 0 bridgehead atoms. The van der Waals surface area contributed by atoms with Crippen LogP contribution in [0.2, 0.25) is 0 Å². The highest BCUT2D eigenvalue weighted by Crippen LogP contribution is 2.35. The molecule has 19 heavy (non-hydrogen) atoms. The van der Waals surface area contributed by atoms with E-state index < -0.39 is 0 Å². The Balaban J connectivity index is 2.09. The molecule has 0 aromatic carbocycles. The Morgan fingerprint density at radius 3 is 2.89 bits per heavy atom. The Morgan fingerprint density at radius 1 is 1.37 bits per heavy atom. The molecule has 100 valence electrons. The topological polar surface area (TPSA) is 37.8 Å². The summed E-state index contributed by atoms with van der Waals surface area (Å²) >= 11 is 5.30. The average molecular weight is 338 g/mol. The third kappa shape index (κ3) is 2.41. The first-order chi connectivity index (χ1) is 9.19. The van der Waals surface area contributed by atoms with Crippen LogP contribution in [0.4, 0.5) is 5.82 Å². The van der Waals surface area contributed by atoms with Crippen LogP contribution in [0.15, 0.2) is 10.5 Å². The van der Waals surface area contributed by atoms with Crippen LogP contribution in [0, 0.1) is 6.92 Å². The summed E-state index contributed by atoms with van der Waals surface area (Å²) in [6.07, 6.45) is 3.37. The van der Waals surface area contributed by atoms with Gasteiger partial charge in [0, 0.05) is 27.2 Å². The lowest BCUT2D eigenvalue weighted by molar-refractivity contribution is 0.900. The summed E-state index contributed by atoms with van der Waals surface area (Å²) in [5.74, 6) is 1.89. The maximum atomic E-state index is 4.76. The number of nitrogens with one attached hydrogen (secondary N) is 1. The maximum Gasteiger partial charge on any atom is 0.171 e. The third-order valence-electron chi connectivity index (χ3n) is 3.35. The minimum absolute atomic E-state index is 0.857. The molecule has 0 spiro atoms. The van der Waals surface area contributed by atoms with Gasteiger partial charge in [0.1, 0.15) is 5.82 Å². The molecule has 0 amide bonds. The standard InChI is InChI=1S/C14H16BrN3S/c1-3-16-13-9-5-4-6-11(9)17-14(18-13)12-7-10(15)8(2)19-12/h7H,3-6H2,1-2H3,(H,16,17,18). The van der Waals surface area contributed by atoms with Crippen LogP contribution in [0.3, 0.4) is 0 Å². The van der Waals surface area contributed by atoms with Gasteiger partial charge >= 0.3 is 0 Å². The summed E-state index contributed by atoms with van der Waals surface area (Å²) < 4.78 is 1.14. The zero-order valence-corrected chi connectivity index (χ0v) is 13.5. The number of anilines is 1. The molecule has 0 saturated carbocycles. The summed E-state index contributed by atoms with van der Waals surface area (Å²) in [6.45, 7) is 5.11. The van der Waals surface area contributed by atoms with Crippen molar-refractivity contribution in [1.29, 1.82) is 0 Å². The Morgan fingerprint density at radius 2 is 2.21 bits per heavy atom. The van der Waals surface area contributed by atoms with Crippen LogP contribution in [0.5, 0.6) is 0 Å². The molecule has 0 atom stereocenters. The van der Waals surface area contributed by atoms with Gasteiger partial charge in [-0.1, -0.05) is 0 Å². The molecular weight excluding hydrogens is 322 g/mol. The lowest BCUT2D eigenvalue weighted by Gasteiger charge is -2.10. The van der Waals surface area contributed by atoms with E-state index in [1.165, 1.54) is 22.6 Å². The molecule has 1 aliphatic carbocycles.